The van der Waals surface area contributed by atoms with E-state index in [0.717, 1.165) is 0 Å². The van der Waals surface area contributed by atoms with Crippen molar-refractivity contribution in [3.05, 3.63) is 57.8 Å². The SMILES string of the molecule is NC(=O)c1cccc(C(N)=O)c1-c1c(F)cccc1Br. The smallest absolute Gasteiger partial charge is 0.249 e. The van der Waals surface area contributed by atoms with E-state index >= 15 is 0 Å². The number of hydrogen-bond acceptors (Lipinski definition) is 2. The highest BCUT2D eigenvalue weighted by atomic mass is 79.9. The average molecular weight is 337 g/mol. The van der Waals surface area contributed by atoms with Gasteiger partial charge in [0.15, 0.2) is 0 Å². The number of primary amides is 2. The van der Waals surface area contributed by atoms with E-state index in [4.69, 9.17) is 11.5 Å². The van der Waals surface area contributed by atoms with Crippen LogP contribution in [0.2, 0.25) is 0 Å². The van der Waals surface area contributed by atoms with Crippen LogP contribution in [0, 0.1) is 5.82 Å². The predicted molar refractivity (Wildman–Crippen MR) is 76.6 cm³/mol. The Morgan fingerprint density at radius 2 is 1.40 bits per heavy atom. The Bertz CT molecular complexity index is 664. The molecule has 0 fully saturated rings. The third-order valence-electron chi connectivity index (χ3n) is 2.81. The van der Waals surface area contributed by atoms with E-state index in [9.17, 15) is 14.0 Å². The molecular formula is C14H10BrFN2O2. The van der Waals surface area contributed by atoms with E-state index in [1.807, 2.05) is 0 Å². The van der Waals surface area contributed by atoms with Crippen LogP contribution in [0.1, 0.15) is 20.7 Å². The summed E-state index contributed by atoms with van der Waals surface area (Å²) in [6, 6.07) is 8.63. The predicted octanol–water partition coefficient (Wildman–Crippen LogP) is 2.45. The lowest BCUT2D eigenvalue weighted by Gasteiger charge is -2.13. The molecule has 2 aromatic rings. The van der Waals surface area contributed by atoms with Gasteiger partial charge in [0.2, 0.25) is 11.8 Å². The highest BCUT2D eigenvalue weighted by Gasteiger charge is 2.21. The maximum absolute atomic E-state index is 14.1. The molecule has 0 saturated heterocycles. The molecule has 6 heteroatoms. The lowest BCUT2D eigenvalue weighted by atomic mass is 9.93. The van der Waals surface area contributed by atoms with Gasteiger partial charge in [-0.3, -0.25) is 9.59 Å². The van der Waals surface area contributed by atoms with Crippen molar-refractivity contribution < 1.29 is 14.0 Å². The Balaban J connectivity index is 2.91. The minimum Gasteiger partial charge on any atom is -0.366 e. The molecule has 102 valence electrons. The standard InChI is InChI=1S/C14H10BrFN2O2/c15-9-5-2-6-10(16)12(9)11-7(13(17)19)3-1-4-8(11)14(18)20/h1-6H,(H2,17,19)(H2,18,20). The zero-order valence-corrected chi connectivity index (χ0v) is 11.8. The molecule has 2 aromatic carbocycles. The summed E-state index contributed by atoms with van der Waals surface area (Å²) in [6.45, 7) is 0. The van der Waals surface area contributed by atoms with Gasteiger partial charge < -0.3 is 11.5 Å². The van der Waals surface area contributed by atoms with Crippen molar-refractivity contribution in [2.45, 2.75) is 0 Å². The topological polar surface area (TPSA) is 86.2 Å². The molecule has 0 spiro atoms. The van der Waals surface area contributed by atoms with Crippen molar-refractivity contribution in [3.8, 4) is 11.1 Å². The zero-order valence-electron chi connectivity index (χ0n) is 10.2. The third kappa shape index (κ3) is 2.42. The number of amides is 2. The molecule has 0 aliphatic heterocycles. The first-order chi connectivity index (χ1) is 9.43. The fourth-order valence-corrected chi connectivity index (χ4v) is 2.51. The second kappa shape index (κ2) is 5.42. The zero-order chi connectivity index (χ0) is 14.9. The fourth-order valence-electron chi connectivity index (χ4n) is 1.97. The average Bonchev–Trinajstić information content (AvgIpc) is 2.38. The monoisotopic (exact) mass is 336 g/mol. The minimum atomic E-state index is -0.766. The molecule has 0 heterocycles. The summed E-state index contributed by atoms with van der Waals surface area (Å²) >= 11 is 3.21. The molecule has 20 heavy (non-hydrogen) atoms. The molecule has 0 aromatic heterocycles. The lowest BCUT2D eigenvalue weighted by Crippen LogP contribution is -2.18. The van der Waals surface area contributed by atoms with E-state index in [-0.39, 0.29) is 22.3 Å². The quantitative estimate of drug-likeness (QED) is 0.901. The molecule has 0 unspecified atom stereocenters. The maximum atomic E-state index is 14.1. The molecule has 0 radical (unpaired) electrons. The summed E-state index contributed by atoms with van der Waals surface area (Å²) in [4.78, 5) is 23.0. The van der Waals surface area contributed by atoms with Crippen molar-refractivity contribution in [1.82, 2.24) is 0 Å². The second-order valence-electron chi connectivity index (χ2n) is 4.05. The molecule has 2 rings (SSSR count). The van der Waals surface area contributed by atoms with E-state index in [1.54, 1.807) is 6.07 Å². The number of hydrogen-bond donors (Lipinski definition) is 2. The first kappa shape index (κ1) is 14.2. The van der Waals surface area contributed by atoms with Gasteiger partial charge in [-0.25, -0.2) is 4.39 Å². The molecule has 4 N–H and O–H groups in total. The first-order valence-electron chi connectivity index (χ1n) is 5.60. The van der Waals surface area contributed by atoms with E-state index in [0.29, 0.717) is 4.47 Å². The third-order valence-corrected chi connectivity index (χ3v) is 3.47. The lowest BCUT2D eigenvalue weighted by molar-refractivity contribution is 0.0999. The molecule has 0 saturated carbocycles. The molecule has 0 aliphatic rings. The van der Waals surface area contributed by atoms with Gasteiger partial charge in [0.25, 0.3) is 0 Å². The molecular weight excluding hydrogens is 327 g/mol. The summed E-state index contributed by atoms with van der Waals surface area (Å²) in [7, 11) is 0. The van der Waals surface area contributed by atoms with Gasteiger partial charge in [0, 0.05) is 26.7 Å². The number of nitrogens with two attached hydrogens (primary N) is 2. The summed E-state index contributed by atoms with van der Waals surface area (Å²) in [5, 5.41) is 0. The summed E-state index contributed by atoms with van der Waals surface area (Å²) in [6.07, 6.45) is 0. The van der Waals surface area contributed by atoms with Crippen LogP contribution in [-0.2, 0) is 0 Å². The van der Waals surface area contributed by atoms with Gasteiger partial charge in [0.1, 0.15) is 5.82 Å². The molecule has 2 amide bonds. The van der Waals surface area contributed by atoms with E-state index in [1.165, 1.54) is 30.3 Å². The highest BCUT2D eigenvalue weighted by Crippen LogP contribution is 2.35. The van der Waals surface area contributed by atoms with Crippen LogP contribution in [0.4, 0.5) is 4.39 Å². The first-order valence-corrected chi connectivity index (χ1v) is 6.39. The molecule has 0 atom stereocenters. The largest absolute Gasteiger partial charge is 0.366 e. The second-order valence-corrected chi connectivity index (χ2v) is 4.91. The van der Waals surface area contributed by atoms with Crippen LogP contribution < -0.4 is 11.5 Å². The van der Waals surface area contributed by atoms with Crippen LogP contribution in [0.15, 0.2) is 40.9 Å². The Morgan fingerprint density at radius 3 is 1.85 bits per heavy atom. The number of carbonyl (C=O) groups is 2. The summed E-state index contributed by atoms with van der Waals surface area (Å²) < 4.78 is 14.5. The minimum absolute atomic E-state index is 0.0344. The van der Waals surface area contributed by atoms with Gasteiger partial charge in [-0.15, -0.1) is 0 Å². The van der Waals surface area contributed by atoms with Crippen molar-refractivity contribution in [2.24, 2.45) is 11.5 Å². The number of rotatable bonds is 3. The van der Waals surface area contributed by atoms with Crippen LogP contribution in [-0.4, -0.2) is 11.8 Å². The highest BCUT2D eigenvalue weighted by molar-refractivity contribution is 9.10. The Labute approximate surface area is 122 Å². The van der Waals surface area contributed by atoms with Gasteiger partial charge in [0.05, 0.1) is 0 Å². The number of benzene rings is 2. The van der Waals surface area contributed by atoms with Gasteiger partial charge in [-0.2, -0.15) is 0 Å². The van der Waals surface area contributed by atoms with E-state index in [2.05, 4.69) is 15.9 Å². The summed E-state index contributed by atoms with van der Waals surface area (Å²) in [5.74, 6) is -2.12. The fraction of sp³-hybridized carbons (Fsp3) is 0. The molecule has 0 bridgehead atoms. The van der Waals surface area contributed by atoms with Gasteiger partial charge in [-0.1, -0.05) is 28.1 Å². The Morgan fingerprint density at radius 1 is 0.900 bits per heavy atom. The number of halogens is 2. The van der Waals surface area contributed by atoms with Crippen LogP contribution in [0.25, 0.3) is 11.1 Å². The number of carbonyl (C=O) groups excluding carboxylic acids is 2. The molecule has 0 aliphatic carbocycles. The maximum Gasteiger partial charge on any atom is 0.249 e. The van der Waals surface area contributed by atoms with Crippen LogP contribution >= 0.6 is 15.9 Å². The van der Waals surface area contributed by atoms with Crippen LogP contribution in [0.3, 0.4) is 0 Å². The van der Waals surface area contributed by atoms with E-state index < -0.39 is 17.6 Å². The van der Waals surface area contributed by atoms with Gasteiger partial charge >= 0.3 is 0 Å². The Kier molecular flexibility index (Phi) is 3.85. The van der Waals surface area contributed by atoms with Crippen molar-refractivity contribution >= 4 is 27.7 Å². The molecule has 4 nitrogen and oxygen atoms in total. The normalized spacial score (nSPS) is 10.3. The summed E-state index contributed by atoms with van der Waals surface area (Å²) in [5.41, 5.74) is 10.8. The van der Waals surface area contributed by atoms with Crippen LogP contribution in [0.5, 0.6) is 0 Å². The van der Waals surface area contributed by atoms with Crippen molar-refractivity contribution in [1.29, 1.82) is 0 Å². The van der Waals surface area contributed by atoms with Crippen molar-refractivity contribution in [2.75, 3.05) is 0 Å². The Hall–Kier alpha value is -2.21. The van der Waals surface area contributed by atoms with Crippen molar-refractivity contribution in [3.63, 3.8) is 0 Å². The van der Waals surface area contributed by atoms with Gasteiger partial charge in [-0.05, 0) is 24.3 Å².